The quantitative estimate of drug-likeness (QED) is 0.473. The number of pyridine rings is 1. The number of benzene rings is 2. The van der Waals surface area contributed by atoms with E-state index in [4.69, 9.17) is 4.74 Å². The summed E-state index contributed by atoms with van der Waals surface area (Å²) in [6, 6.07) is 25.4. The van der Waals surface area contributed by atoms with Crippen molar-refractivity contribution in [3.8, 4) is 17.1 Å². The molecule has 0 unspecified atom stereocenters. The topological polar surface area (TPSA) is 72.0 Å². The minimum absolute atomic E-state index is 0.577. The molecule has 0 amide bonds. The summed E-state index contributed by atoms with van der Waals surface area (Å²) in [6.45, 7) is 0.577. The molecule has 0 saturated heterocycles. The Morgan fingerprint density at radius 3 is 2.31 bits per heavy atom. The largest absolute Gasteiger partial charge is 0.497 e. The molecule has 0 saturated carbocycles. The van der Waals surface area contributed by atoms with Crippen LogP contribution in [0.1, 0.15) is 5.69 Å². The van der Waals surface area contributed by atoms with Gasteiger partial charge in [-0.2, -0.15) is 0 Å². The van der Waals surface area contributed by atoms with E-state index in [9.17, 15) is 0 Å². The fourth-order valence-corrected chi connectivity index (χ4v) is 2.82. The molecule has 29 heavy (non-hydrogen) atoms. The Labute approximate surface area is 169 Å². The molecular weight excluding hydrogens is 362 g/mol. The molecule has 0 aliphatic rings. The zero-order valence-electron chi connectivity index (χ0n) is 16.0. The van der Waals surface area contributed by atoms with Crippen LogP contribution in [0.3, 0.4) is 0 Å². The normalized spacial score (nSPS) is 10.4. The van der Waals surface area contributed by atoms with Gasteiger partial charge in [0.2, 0.25) is 0 Å². The molecule has 2 aromatic carbocycles. The average molecular weight is 383 g/mol. The summed E-state index contributed by atoms with van der Waals surface area (Å²) >= 11 is 0. The number of hydrogen-bond donors (Lipinski definition) is 2. The molecule has 6 heteroatoms. The number of methoxy groups -OCH3 is 1. The fourth-order valence-electron chi connectivity index (χ4n) is 2.82. The van der Waals surface area contributed by atoms with Crippen LogP contribution < -0.4 is 15.4 Å². The zero-order chi connectivity index (χ0) is 19.9. The van der Waals surface area contributed by atoms with Crippen LogP contribution in [-0.4, -0.2) is 22.1 Å². The Morgan fingerprint density at radius 2 is 1.59 bits per heavy atom. The Bertz CT molecular complexity index is 1050. The van der Waals surface area contributed by atoms with E-state index in [0.717, 1.165) is 28.5 Å². The van der Waals surface area contributed by atoms with E-state index in [0.29, 0.717) is 18.2 Å². The third-order valence-electron chi connectivity index (χ3n) is 4.30. The third-order valence-corrected chi connectivity index (χ3v) is 4.30. The predicted octanol–water partition coefficient (Wildman–Crippen LogP) is 4.90. The van der Waals surface area contributed by atoms with Crippen LogP contribution in [0.2, 0.25) is 0 Å². The van der Waals surface area contributed by atoms with Crippen molar-refractivity contribution in [1.82, 2.24) is 15.0 Å². The lowest BCUT2D eigenvalue weighted by molar-refractivity contribution is 0.415. The number of nitrogens with zero attached hydrogens (tertiary/aromatic N) is 3. The number of ether oxygens (including phenoxy) is 1. The van der Waals surface area contributed by atoms with Crippen molar-refractivity contribution in [2.75, 3.05) is 17.7 Å². The van der Waals surface area contributed by atoms with Gasteiger partial charge >= 0.3 is 0 Å². The molecule has 2 aromatic heterocycles. The highest BCUT2D eigenvalue weighted by Gasteiger charge is 2.08. The monoisotopic (exact) mass is 383 g/mol. The Morgan fingerprint density at radius 1 is 0.828 bits per heavy atom. The summed E-state index contributed by atoms with van der Waals surface area (Å²) in [6.07, 6.45) is 1.78. The second kappa shape index (κ2) is 8.84. The van der Waals surface area contributed by atoms with Gasteiger partial charge < -0.3 is 15.4 Å². The predicted molar refractivity (Wildman–Crippen MR) is 115 cm³/mol. The zero-order valence-corrected chi connectivity index (χ0v) is 16.0. The third kappa shape index (κ3) is 4.87. The van der Waals surface area contributed by atoms with Crippen molar-refractivity contribution in [3.05, 3.63) is 90.8 Å². The number of aromatic nitrogens is 3. The van der Waals surface area contributed by atoms with Gasteiger partial charge in [0.1, 0.15) is 17.4 Å². The van der Waals surface area contributed by atoms with Gasteiger partial charge in [0.15, 0.2) is 5.82 Å². The van der Waals surface area contributed by atoms with Gasteiger partial charge in [-0.1, -0.05) is 36.4 Å². The molecule has 0 aliphatic heterocycles. The first-order valence-corrected chi connectivity index (χ1v) is 9.29. The fraction of sp³-hybridized carbons (Fsp3) is 0.0870. The molecule has 4 aromatic rings. The summed E-state index contributed by atoms with van der Waals surface area (Å²) in [5, 5.41) is 6.68. The van der Waals surface area contributed by atoms with Crippen molar-refractivity contribution >= 4 is 17.3 Å². The van der Waals surface area contributed by atoms with Crippen molar-refractivity contribution in [2.45, 2.75) is 6.54 Å². The Balaban J connectivity index is 1.62. The van der Waals surface area contributed by atoms with E-state index in [1.165, 1.54) is 0 Å². The van der Waals surface area contributed by atoms with Crippen molar-refractivity contribution in [3.63, 3.8) is 0 Å². The summed E-state index contributed by atoms with van der Waals surface area (Å²) in [5.41, 5.74) is 2.81. The molecule has 0 spiro atoms. The van der Waals surface area contributed by atoms with Crippen LogP contribution >= 0.6 is 0 Å². The molecule has 0 aliphatic carbocycles. The molecular formula is C23H21N5O. The molecule has 4 rings (SSSR count). The van der Waals surface area contributed by atoms with Crippen LogP contribution in [0.5, 0.6) is 5.75 Å². The second-order valence-electron chi connectivity index (χ2n) is 6.36. The molecule has 2 heterocycles. The number of anilines is 3. The Hall–Kier alpha value is -3.93. The molecule has 144 valence electrons. The number of rotatable bonds is 7. The van der Waals surface area contributed by atoms with Gasteiger partial charge in [-0.05, 0) is 36.4 Å². The second-order valence-corrected chi connectivity index (χ2v) is 6.36. The minimum atomic E-state index is 0.577. The van der Waals surface area contributed by atoms with Gasteiger partial charge in [0.05, 0.1) is 19.3 Å². The molecule has 2 N–H and O–H groups in total. The first-order valence-electron chi connectivity index (χ1n) is 9.29. The van der Waals surface area contributed by atoms with Crippen molar-refractivity contribution in [1.29, 1.82) is 0 Å². The maximum Gasteiger partial charge on any atom is 0.163 e. The van der Waals surface area contributed by atoms with Crippen molar-refractivity contribution in [2.24, 2.45) is 0 Å². The van der Waals surface area contributed by atoms with Gasteiger partial charge in [0.25, 0.3) is 0 Å². The first kappa shape index (κ1) is 18.4. The highest BCUT2D eigenvalue weighted by atomic mass is 16.5. The summed E-state index contributed by atoms with van der Waals surface area (Å²) in [7, 11) is 1.65. The lowest BCUT2D eigenvalue weighted by Crippen LogP contribution is -2.06. The highest BCUT2D eigenvalue weighted by molar-refractivity contribution is 5.65. The van der Waals surface area contributed by atoms with Crippen LogP contribution in [0.4, 0.5) is 17.3 Å². The molecule has 6 nitrogen and oxygen atoms in total. The molecule has 0 radical (unpaired) electrons. The van der Waals surface area contributed by atoms with E-state index >= 15 is 0 Å². The van der Waals surface area contributed by atoms with Gasteiger partial charge in [-0.3, -0.25) is 4.98 Å². The molecule has 0 bridgehead atoms. The van der Waals surface area contributed by atoms with Crippen LogP contribution in [0.15, 0.2) is 85.1 Å². The Kier molecular flexibility index (Phi) is 5.62. The highest BCUT2D eigenvalue weighted by Crippen LogP contribution is 2.24. The van der Waals surface area contributed by atoms with E-state index in [1.54, 1.807) is 13.3 Å². The lowest BCUT2D eigenvalue weighted by Gasteiger charge is -2.12. The maximum absolute atomic E-state index is 5.22. The lowest BCUT2D eigenvalue weighted by atomic mass is 10.2. The SMILES string of the molecule is COc1ccc(Nc2cc(NCc3ccccn3)nc(-c3ccccc3)n2)cc1. The van der Waals surface area contributed by atoms with E-state index in [2.05, 4.69) is 25.6 Å². The minimum Gasteiger partial charge on any atom is -0.497 e. The summed E-state index contributed by atoms with van der Waals surface area (Å²) < 4.78 is 5.22. The summed E-state index contributed by atoms with van der Waals surface area (Å²) in [4.78, 5) is 13.7. The van der Waals surface area contributed by atoms with E-state index < -0.39 is 0 Å². The number of hydrogen-bond acceptors (Lipinski definition) is 6. The molecule has 0 fully saturated rings. The number of nitrogens with one attached hydrogen (secondary N) is 2. The van der Waals surface area contributed by atoms with E-state index in [-0.39, 0.29) is 0 Å². The maximum atomic E-state index is 5.22. The van der Waals surface area contributed by atoms with Gasteiger partial charge in [-0.25, -0.2) is 9.97 Å². The molecule has 0 atom stereocenters. The van der Waals surface area contributed by atoms with E-state index in [1.807, 2.05) is 78.9 Å². The smallest absolute Gasteiger partial charge is 0.163 e. The van der Waals surface area contributed by atoms with Crippen LogP contribution in [0.25, 0.3) is 11.4 Å². The van der Waals surface area contributed by atoms with Crippen LogP contribution in [0, 0.1) is 0 Å². The van der Waals surface area contributed by atoms with Crippen LogP contribution in [-0.2, 0) is 6.54 Å². The van der Waals surface area contributed by atoms with Gasteiger partial charge in [-0.15, -0.1) is 0 Å². The summed E-state index contributed by atoms with van der Waals surface area (Å²) in [5.74, 6) is 2.88. The van der Waals surface area contributed by atoms with Crippen molar-refractivity contribution < 1.29 is 4.74 Å². The van der Waals surface area contributed by atoms with Gasteiger partial charge in [0, 0.05) is 23.5 Å². The average Bonchev–Trinajstić information content (AvgIpc) is 2.79. The first-order chi connectivity index (χ1) is 14.3. The standard InChI is InChI=1S/C23H21N5O/c1-29-20-12-10-18(11-13-20)26-22-15-21(25-16-19-9-5-6-14-24-19)27-23(28-22)17-7-3-2-4-8-17/h2-15H,16H2,1H3,(H2,25,26,27,28).